The quantitative estimate of drug-likeness (QED) is 0.552. The van der Waals surface area contributed by atoms with Crippen LogP contribution in [0.5, 0.6) is 0 Å². The normalized spacial score (nSPS) is 19.8. The van der Waals surface area contributed by atoms with Crippen LogP contribution in [0.1, 0.15) is 0 Å². The van der Waals surface area contributed by atoms with E-state index < -0.39 is 19.1 Å². The Bertz CT molecular complexity index is 223. The van der Waals surface area contributed by atoms with Gasteiger partial charge in [-0.05, 0) is 0 Å². The van der Waals surface area contributed by atoms with Crippen LogP contribution in [0, 0.1) is 0 Å². The minimum Gasteiger partial charge on any atom is -0.385 e. The maximum absolute atomic E-state index is 11.9. The Labute approximate surface area is 92.8 Å². The summed E-state index contributed by atoms with van der Waals surface area (Å²) in [4.78, 5) is 13.2. The van der Waals surface area contributed by atoms with Gasteiger partial charge in [0, 0.05) is 32.7 Å². The van der Waals surface area contributed by atoms with Crippen LogP contribution in [0.4, 0.5) is 8.78 Å². The van der Waals surface area contributed by atoms with Gasteiger partial charge in [0.25, 0.3) is 6.43 Å². The number of hydrogen-bond acceptors (Lipinski definition) is 4. The summed E-state index contributed by atoms with van der Waals surface area (Å²) in [7, 11) is 0. The summed E-state index contributed by atoms with van der Waals surface area (Å²) in [5.74, 6) is -0.332. The summed E-state index contributed by atoms with van der Waals surface area (Å²) in [5, 5.41) is 14.2. The van der Waals surface area contributed by atoms with Gasteiger partial charge in [-0.1, -0.05) is 0 Å². The van der Waals surface area contributed by atoms with Crippen LogP contribution < -0.4 is 10.6 Å². The molecule has 0 aromatic rings. The van der Waals surface area contributed by atoms with Crippen molar-refractivity contribution in [2.24, 2.45) is 0 Å². The predicted molar refractivity (Wildman–Crippen MR) is 54.3 cm³/mol. The number of nitrogens with one attached hydrogen (secondary N) is 2. The number of hydrogen-bond donors (Lipinski definition) is 3. The van der Waals surface area contributed by atoms with E-state index in [0.29, 0.717) is 0 Å². The van der Waals surface area contributed by atoms with Crippen molar-refractivity contribution in [1.82, 2.24) is 15.5 Å². The Balaban J connectivity index is 2.14. The molecule has 94 valence electrons. The number of aliphatic hydroxyl groups is 1. The Morgan fingerprint density at radius 2 is 2.06 bits per heavy atom. The van der Waals surface area contributed by atoms with Gasteiger partial charge in [-0.15, -0.1) is 0 Å². The summed E-state index contributed by atoms with van der Waals surface area (Å²) in [6.45, 7) is 2.98. The average Bonchev–Trinajstić information content (AvgIpc) is 2.27. The molecule has 1 atom stereocenters. The van der Waals surface area contributed by atoms with Crippen LogP contribution in [-0.4, -0.2) is 67.7 Å². The van der Waals surface area contributed by atoms with E-state index in [2.05, 4.69) is 10.6 Å². The van der Waals surface area contributed by atoms with E-state index in [4.69, 9.17) is 5.11 Å². The lowest BCUT2D eigenvalue weighted by molar-refractivity contribution is -0.123. The molecule has 1 amide bonds. The molecule has 1 aliphatic heterocycles. The number of carbonyl (C=O) groups excluding carboxylic acids is 1. The lowest BCUT2D eigenvalue weighted by Crippen LogP contribution is -2.48. The van der Waals surface area contributed by atoms with E-state index in [1.165, 1.54) is 0 Å². The highest BCUT2D eigenvalue weighted by Crippen LogP contribution is 1.98. The molecule has 0 aromatic carbocycles. The first kappa shape index (κ1) is 13.3. The van der Waals surface area contributed by atoms with Crippen molar-refractivity contribution < 1.29 is 18.7 Å². The van der Waals surface area contributed by atoms with Gasteiger partial charge in [-0.2, -0.15) is 0 Å². The van der Waals surface area contributed by atoms with Gasteiger partial charge in [0.05, 0.1) is 6.54 Å². The zero-order chi connectivity index (χ0) is 12.0. The number of rotatable bonds is 5. The summed E-state index contributed by atoms with van der Waals surface area (Å²) in [6.07, 6.45) is -4.61. The SMILES string of the molecule is O=C(CN1CCNCC1)NCC(O)C(F)F. The first-order valence-electron chi connectivity index (χ1n) is 5.25. The van der Waals surface area contributed by atoms with Crippen molar-refractivity contribution >= 4 is 5.91 Å². The molecule has 0 saturated carbocycles. The van der Waals surface area contributed by atoms with Gasteiger partial charge in [-0.25, -0.2) is 8.78 Å². The molecule has 1 heterocycles. The van der Waals surface area contributed by atoms with Crippen LogP contribution in [0.15, 0.2) is 0 Å². The van der Waals surface area contributed by atoms with Crippen molar-refractivity contribution in [3.8, 4) is 0 Å². The number of aliphatic hydroxyl groups excluding tert-OH is 1. The molecule has 1 unspecified atom stereocenters. The molecule has 0 spiro atoms. The minimum absolute atomic E-state index is 0.192. The molecule has 0 aromatic heterocycles. The van der Waals surface area contributed by atoms with Crippen molar-refractivity contribution in [3.63, 3.8) is 0 Å². The van der Waals surface area contributed by atoms with E-state index in [0.717, 1.165) is 26.2 Å². The van der Waals surface area contributed by atoms with Gasteiger partial charge < -0.3 is 15.7 Å². The molecule has 1 fully saturated rings. The van der Waals surface area contributed by atoms with E-state index in [1.54, 1.807) is 0 Å². The van der Waals surface area contributed by atoms with Crippen molar-refractivity contribution in [2.45, 2.75) is 12.5 Å². The zero-order valence-electron chi connectivity index (χ0n) is 8.96. The third kappa shape index (κ3) is 4.82. The molecule has 0 aliphatic carbocycles. The summed E-state index contributed by atoms with van der Waals surface area (Å²) in [5.41, 5.74) is 0. The van der Waals surface area contributed by atoms with E-state index in [1.807, 2.05) is 4.90 Å². The number of carbonyl (C=O) groups is 1. The lowest BCUT2D eigenvalue weighted by Gasteiger charge is -2.26. The van der Waals surface area contributed by atoms with Crippen LogP contribution in [0.25, 0.3) is 0 Å². The summed E-state index contributed by atoms with van der Waals surface area (Å²) >= 11 is 0. The van der Waals surface area contributed by atoms with Crippen molar-refractivity contribution in [1.29, 1.82) is 0 Å². The van der Waals surface area contributed by atoms with Gasteiger partial charge in [0.1, 0.15) is 6.10 Å². The largest absolute Gasteiger partial charge is 0.385 e. The molecule has 5 nitrogen and oxygen atoms in total. The fourth-order valence-electron chi connectivity index (χ4n) is 1.44. The molecule has 16 heavy (non-hydrogen) atoms. The lowest BCUT2D eigenvalue weighted by atomic mass is 10.3. The number of amides is 1. The predicted octanol–water partition coefficient (Wildman–Crippen LogP) is -1.37. The van der Waals surface area contributed by atoms with E-state index in [9.17, 15) is 13.6 Å². The van der Waals surface area contributed by atoms with Gasteiger partial charge >= 0.3 is 0 Å². The van der Waals surface area contributed by atoms with Gasteiger partial charge in [0.2, 0.25) is 5.91 Å². The number of halogens is 2. The fourth-order valence-corrected chi connectivity index (χ4v) is 1.44. The monoisotopic (exact) mass is 237 g/mol. The molecule has 3 N–H and O–H groups in total. The smallest absolute Gasteiger partial charge is 0.265 e. The highest BCUT2D eigenvalue weighted by molar-refractivity contribution is 5.78. The average molecular weight is 237 g/mol. The Morgan fingerprint density at radius 1 is 1.44 bits per heavy atom. The maximum atomic E-state index is 11.9. The van der Waals surface area contributed by atoms with E-state index >= 15 is 0 Å². The van der Waals surface area contributed by atoms with Crippen LogP contribution >= 0.6 is 0 Å². The topological polar surface area (TPSA) is 64.6 Å². The Morgan fingerprint density at radius 3 is 2.62 bits per heavy atom. The fraction of sp³-hybridized carbons (Fsp3) is 0.889. The zero-order valence-corrected chi connectivity index (χ0v) is 8.96. The third-order valence-electron chi connectivity index (χ3n) is 2.38. The standard InChI is InChI=1S/C9H17F2N3O2/c10-9(11)7(15)5-13-8(16)6-14-3-1-12-2-4-14/h7,9,12,15H,1-6H2,(H,13,16). The Hall–Kier alpha value is -0.790. The second-order valence-corrected chi connectivity index (χ2v) is 3.73. The van der Waals surface area contributed by atoms with Crippen molar-refractivity contribution in [2.75, 3.05) is 39.3 Å². The first-order valence-corrected chi connectivity index (χ1v) is 5.25. The molecular weight excluding hydrogens is 220 g/mol. The maximum Gasteiger partial charge on any atom is 0.265 e. The molecule has 0 bridgehead atoms. The third-order valence-corrected chi connectivity index (χ3v) is 2.38. The highest BCUT2D eigenvalue weighted by atomic mass is 19.3. The molecule has 1 aliphatic rings. The first-order chi connectivity index (χ1) is 7.59. The number of alkyl halides is 2. The molecule has 1 rings (SSSR count). The van der Waals surface area contributed by atoms with Crippen LogP contribution in [-0.2, 0) is 4.79 Å². The number of piperazine rings is 1. The minimum atomic E-state index is -2.82. The summed E-state index contributed by atoms with van der Waals surface area (Å²) < 4.78 is 23.8. The Kier molecular flexibility index (Phi) is 5.58. The molecule has 1 saturated heterocycles. The van der Waals surface area contributed by atoms with Crippen LogP contribution in [0.2, 0.25) is 0 Å². The summed E-state index contributed by atoms with van der Waals surface area (Å²) in [6, 6.07) is 0. The second-order valence-electron chi connectivity index (χ2n) is 3.73. The molecular formula is C9H17F2N3O2. The second kappa shape index (κ2) is 6.72. The van der Waals surface area contributed by atoms with Crippen LogP contribution in [0.3, 0.4) is 0 Å². The van der Waals surface area contributed by atoms with E-state index in [-0.39, 0.29) is 12.5 Å². The molecule has 7 heteroatoms. The van der Waals surface area contributed by atoms with Crippen molar-refractivity contribution in [3.05, 3.63) is 0 Å². The number of nitrogens with zero attached hydrogens (tertiary/aromatic N) is 1. The highest BCUT2D eigenvalue weighted by Gasteiger charge is 2.18. The van der Waals surface area contributed by atoms with Gasteiger partial charge in [-0.3, -0.25) is 9.69 Å². The molecule has 0 radical (unpaired) electrons. The van der Waals surface area contributed by atoms with Gasteiger partial charge in [0.15, 0.2) is 0 Å².